The molecule has 2 heterocycles. The molecule has 0 N–H and O–H groups in total. The van der Waals surface area contributed by atoms with E-state index in [0.717, 1.165) is 38.5 Å². The number of carbonyl (C=O) groups excluding carboxylic acids is 4. The highest BCUT2D eigenvalue weighted by atomic mass is 16.6. The summed E-state index contributed by atoms with van der Waals surface area (Å²) < 4.78 is 10.2. The number of hydrogen-bond donors (Lipinski definition) is 0. The SMILES string of the molecule is O=C(CCCC(=O)CCCC1CCC(=O)O1)CCCC1CCC(=O)O1. The van der Waals surface area contributed by atoms with E-state index in [4.69, 9.17) is 9.47 Å². The molecule has 2 atom stereocenters. The van der Waals surface area contributed by atoms with E-state index < -0.39 is 0 Å². The molecule has 0 saturated carbocycles. The van der Waals surface area contributed by atoms with Crippen molar-refractivity contribution in [3.05, 3.63) is 0 Å². The number of ether oxygens (including phenoxy) is 2. The van der Waals surface area contributed by atoms with Gasteiger partial charge in [-0.2, -0.15) is 0 Å². The van der Waals surface area contributed by atoms with Crippen molar-refractivity contribution in [1.82, 2.24) is 0 Å². The molecule has 2 rings (SSSR count). The summed E-state index contributed by atoms with van der Waals surface area (Å²) in [7, 11) is 0. The third-order valence-electron chi connectivity index (χ3n) is 4.81. The largest absolute Gasteiger partial charge is 0.462 e. The molecule has 25 heavy (non-hydrogen) atoms. The number of cyclic esters (lactones) is 2. The first kappa shape index (κ1) is 19.6. The highest BCUT2D eigenvalue weighted by Crippen LogP contribution is 2.20. The van der Waals surface area contributed by atoms with E-state index in [-0.39, 0.29) is 35.7 Å². The van der Waals surface area contributed by atoms with Gasteiger partial charge in [-0.15, -0.1) is 0 Å². The lowest BCUT2D eigenvalue weighted by Crippen LogP contribution is -2.09. The van der Waals surface area contributed by atoms with Crippen molar-refractivity contribution in [3.8, 4) is 0 Å². The Labute approximate surface area is 148 Å². The Bertz CT molecular complexity index is 454. The number of carbonyl (C=O) groups is 4. The molecule has 0 aromatic rings. The fraction of sp³-hybridized carbons (Fsp3) is 0.789. The van der Waals surface area contributed by atoms with E-state index >= 15 is 0 Å². The van der Waals surface area contributed by atoms with Crippen molar-refractivity contribution in [3.63, 3.8) is 0 Å². The van der Waals surface area contributed by atoms with Crippen LogP contribution in [0.4, 0.5) is 0 Å². The smallest absolute Gasteiger partial charge is 0.306 e. The first-order valence-electron chi connectivity index (χ1n) is 9.45. The lowest BCUT2D eigenvalue weighted by atomic mass is 10.0. The van der Waals surface area contributed by atoms with Crippen LogP contribution in [-0.4, -0.2) is 35.7 Å². The standard InChI is InChI=1S/C19H28O6/c20-14(6-2-8-16-10-12-18(22)24-16)4-1-5-15(21)7-3-9-17-11-13-19(23)25-17/h16-17H,1-13H2. The van der Waals surface area contributed by atoms with Crippen molar-refractivity contribution < 1.29 is 28.7 Å². The van der Waals surface area contributed by atoms with Crippen LogP contribution in [0.5, 0.6) is 0 Å². The third kappa shape index (κ3) is 7.80. The average molecular weight is 352 g/mol. The molecule has 6 heteroatoms. The van der Waals surface area contributed by atoms with Crippen molar-refractivity contribution in [2.75, 3.05) is 0 Å². The molecule has 2 aliphatic rings. The number of esters is 2. The molecule has 2 fully saturated rings. The lowest BCUT2D eigenvalue weighted by molar-refractivity contribution is -0.142. The van der Waals surface area contributed by atoms with Crippen LogP contribution in [0.1, 0.15) is 83.5 Å². The van der Waals surface area contributed by atoms with E-state index in [1.165, 1.54) is 0 Å². The Balaban J connectivity index is 1.43. The fourth-order valence-electron chi connectivity index (χ4n) is 3.36. The monoisotopic (exact) mass is 352 g/mol. The number of hydrogen-bond acceptors (Lipinski definition) is 6. The Hall–Kier alpha value is -1.72. The average Bonchev–Trinajstić information content (AvgIpc) is 3.16. The minimum absolute atomic E-state index is 0.0129. The molecule has 0 spiro atoms. The Morgan fingerprint density at radius 1 is 0.720 bits per heavy atom. The van der Waals surface area contributed by atoms with Crippen molar-refractivity contribution in [2.24, 2.45) is 0 Å². The van der Waals surface area contributed by atoms with Crippen LogP contribution in [0.2, 0.25) is 0 Å². The summed E-state index contributed by atoms with van der Waals surface area (Å²) in [5.74, 6) is 0.0758. The van der Waals surface area contributed by atoms with E-state index in [1.54, 1.807) is 0 Å². The van der Waals surface area contributed by atoms with E-state index in [2.05, 4.69) is 0 Å². The van der Waals surface area contributed by atoms with Gasteiger partial charge >= 0.3 is 11.9 Å². The van der Waals surface area contributed by atoms with Gasteiger partial charge in [0.05, 0.1) is 0 Å². The summed E-state index contributed by atoms with van der Waals surface area (Å²) in [6.45, 7) is 0. The molecule has 0 aromatic heterocycles. The molecule has 2 saturated heterocycles. The zero-order valence-corrected chi connectivity index (χ0v) is 14.8. The predicted molar refractivity (Wildman–Crippen MR) is 89.8 cm³/mol. The molecule has 2 aliphatic heterocycles. The summed E-state index contributed by atoms with van der Waals surface area (Å²) >= 11 is 0. The quantitative estimate of drug-likeness (QED) is 0.502. The van der Waals surface area contributed by atoms with Gasteiger partial charge in [-0.3, -0.25) is 19.2 Å². The minimum atomic E-state index is -0.138. The van der Waals surface area contributed by atoms with Crippen LogP contribution in [0.3, 0.4) is 0 Å². The fourth-order valence-corrected chi connectivity index (χ4v) is 3.36. The predicted octanol–water partition coefficient (Wildman–Crippen LogP) is 3.05. The summed E-state index contributed by atoms with van der Waals surface area (Å²) in [6, 6.07) is 0. The summed E-state index contributed by atoms with van der Waals surface area (Å²) in [6.07, 6.45) is 7.95. The summed E-state index contributed by atoms with van der Waals surface area (Å²) in [5, 5.41) is 0. The number of ketones is 2. The second-order valence-electron chi connectivity index (χ2n) is 7.02. The molecular formula is C19H28O6. The zero-order valence-electron chi connectivity index (χ0n) is 14.8. The van der Waals surface area contributed by atoms with Crippen LogP contribution >= 0.6 is 0 Å². The lowest BCUT2D eigenvalue weighted by Gasteiger charge is -2.08. The molecule has 0 aliphatic carbocycles. The van der Waals surface area contributed by atoms with Crippen molar-refractivity contribution in [1.29, 1.82) is 0 Å². The normalized spacial score (nSPS) is 22.7. The second-order valence-corrected chi connectivity index (χ2v) is 7.02. The molecule has 0 radical (unpaired) electrons. The molecule has 0 amide bonds. The zero-order chi connectivity index (χ0) is 18.1. The van der Waals surface area contributed by atoms with Gasteiger partial charge in [-0.05, 0) is 44.9 Å². The second kappa shape index (κ2) is 10.3. The first-order valence-corrected chi connectivity index (χ1v) is 9.45. The maximum atomic E-state index is 11.8. The van der Waals surface area contributed by atoms with Gasteiger partial charge in [0.25, 0.3) is 0 Å². The van der Waals surface area contributed by atoms with E-state index in [0.29, 0.717) is 44.9 Å². The van der Waals surface area contributed by atoms with Crippen LogP contribution in [0.25, 0.3) is 0 Å². The number of Topliss-reactive ketones (excluding diaryl/α,β-unsaturated/α-hetero) is 2. The molecule has 0 aromatic carbocycles. The van der Waals surface area contributed by atoms with Gasteiger partial charge in [0, 0.05) is 38.5 Å². The Morgan fingerprint density at radius 3 is 1.48 bits per heavy atom. The van der Waals surface area contributed by atoms with Gasteiger partial charge in [0.15, 0.2) is 0 Å². The van der Waals surface area contributed by atoms with Gasteiger partial charge in [0.2, 0.25) is 0 Å². The van der Waals surface area contributed by atoms with Crippen LogP contribution in [0.15, 0.2) is 0 Å². The minimum Gasteiger partial charge on any atom is -0.462 e. The topological polar surface area (TPSA) is 86.7 Å². The Morgan fingerprint density at radius 2 is 1.12 bits per heavy atom. The van der Waals surface area contributed by atoms with Crippen LogP contribution in [-0.2, 0) is 28.7 Å². The van der Waals surface area contributed by atoms with Gasteiger partial charge < -0.3 is 9.47 Å². The van der Waals surface area contributed by atoms with E-state index in [9.17, 15) is 19.2 Å². The van der Waals surface area contributed by atoms with Gasteiger partial charge in [-0.25, -0.2) is 0 Å². The summed E-state index contributed by atoms with van der Waals surface area (Å²) in [5.41, 5.74) is 0. The Kier molecular flexibility index (Phi) is 8.09. The summed E-state index contributed by atoms with van der Waals surface area (Å²) in [4.78, 5) is 45.6. The maximum Gasteiger partial charge on any atom is 0.306 e. The van der Waals surface area contributed by atoms with Crippen molar-refractivity contribution >= 4 is 23.5 Å². The van der Waals surface area contributed by atoms with E-state index in [1.807, 2.05) is 0 Å². The highest BCUT2D eigenvalue weighted by molar-refractivity contribution is 5.81. The molecule has 140 valence electrons. The van der Waals surface area contributed by atoms with Crippen LogP contribution < -0.4 is 0 Å². The molecule has 2 unspecified atom stereocenters. The van der Waals surface area contributed by atoms with Gasteiger partial charge in [-0.1, -0.05) is 0 Å². The molecule has 6 nitrogen and oxygen atoms in total. The first-order chi connectivity index (χ1) is 12.0. The number of rotatable bonds is 12. The maximum absolute atomic E-state index is 11.8. The third-order valence-corrected chi connectivity index (χ3v) is 4.81. The van der Waals surface area contributed by atoms with Crippen LogP contribution in [0, 0.1) is 0 Å². The highest BCUT2D eigenvalue weighted by Gasteiger charge is 2.23. The molecular weight excluding hydrogens is 324 g/mol. The molecule has 0 bridgehead atoms. The van der Waals surface area contributed by atoms with Gasteiger partial charge in [0.1, 0.15) is 23.8 Å². The van der Waals surface area contributed by atoms with Crippen molar-refractivity contribution in [2.45, 2.75) is 95.7 Å².